The molecule has 0 radical (unpaired) electrons. The fourth-order valence-corrected chi connectivity index (χ4v) is 4.18. The quantitative estimate of drug-likeness (QED) is 0.606. The van der Waals surface area contributed by atoms with Crippen molar-refractivity contribution in [3.63, 3.8) is 0 Å². The van der Waals surface area contributed by atoms with Gasteiger partial charge in [0.2, 0.25) is 0 Å². The maximum absolute atomic E-state index is 12.6. The Bertz CT molecular complexity index is 1060. The molecule has 2 aliphatic heterocycles. The molecule has 9 heteroatoms. The summed E-state index contributed by atoms with van der Waals surface area (Å²) in [5.74, 6) is 0.819. The van der Waals surface area contributed by atoms with Crippen molar-refractivity contribution in [3.8, 4) is 5.75 Å². The van der Waals surface area contributed by atoms with E-state index in [1.807, 2.05) is 46.0 Å². The first-order valence-corrected chi connectivity index (χ1v) is 10.8. The number of fused-ring (bicyclic) bond motifs is 1. The highest BCUT2D eigenvalue weighted by molar-refractivity contribution is 5.92. The van der Waals surface area contributed by atoms with Crippen molar-refractivity contribution < 1.29 is 14.3 Å². The lowest BCUT2D eigenvalue weighted by atomic mass is 10.1. The Morgan fingerprint density at radius 3 is 2.66 bits per heavy atom. The molecular formula is C23H26N6O3. The number of nitrogens with zero attached hydrogens (tertiary/aromatic N) is 6. The summed E-state index contributed by atoms with van der Waals surface area (Å²) in [5, 5.41) is 8.81. The maximum Gasteiger partial charge on any atom is 0.272 e. The fraction of sp³-hybridized carbons (Fsp3) is 0.391. The van der Waals surface area contributed by atoms with Crippen LogP contribution in [0.25, 0.3) is 0 Å². The van der Waals surface area contributed by atoms with E-state index in [4.69, 9.17) is 9.47 Å². The SMILES string of the molecule is COc1ccc(C2Cn3nnc(CN4CCN(C(=O)c5ccccn5)CC4)c3CO2)cc1. The second-order valence-electron chi connectivity index (χ2n) is 8.02. The van der Waals surface area contributed by atoms with Crippen LogP contribution in [0.4, 0.5) is 0 Å². The Balaban J connectivity index is 1.18. The first-order valence-electron chi connectivity index (χ1n) is 10.8. The first kappa shape index (κ1) is 20.6. The predicted molar refractivity (Wildman–Crippen MR) is 116 cm³/mol. The van der Waals surface area contributed by atoms with Crippen LogP contribution in [0.15, 0.2) is 48.7 Å². The van der Waals surface area contributed by atoms with Crippen LogP contribution in [0.3, 0.4) is 0 Å². The predicted octanol–water partition coefficient (Wildman–Crippen LogP) is 1.91. The van der Waals surface area contributed by atoms with Gasteiger partial charge in [-0.2, -0.15) is 0 Å². The lowest BCUT2D eigenvalue weighted by Crippen LogP contribution is -2.48. The summed E-state index contributed by atoms with van der Waals surface area (Å²) in [5.41, 5.74) is 3.57. The van der Waals surface area contributed by atoms with Gasteiger partial charge in [-0.1, -0.05) is 23.4 Å². The summed E-state index contributed by atoms with van der Waals surface area (Å²) in [6.07, 6.45) is 1.60. The van der Waals surface area contributed by atoms with Crippen molar-refractivity contribution in [1.82, 2.24) is 29.8 Å². The number of hydrogen-bond acceptors (Lipinski definition) is 7. The van der Waals surface area contributed by atoms with E-state index in [1.165, 1.54) is 0 Å². The van der Waals surface area contributed by atoms with Gasteiger partial charge in [0.05, 0.1) is 26.0 Å². The second-order valence-corrected chi connectivity index (χ2v) is 8.02. The van der Waals surface area contributed by atoms with Gasteiger partial charge in [-0.3, -0.25) is 14.7 Å². The molecule has 32 heavy (non-hydrogen) atoms. The van der Waals surface area contributed by atoms with Gasteiger partial charge in [-0.15, -0.1) is 5.10 Å². The van der Waals surface area contributed by atoms with Crippen LogP contribution in [0.5, 0.6) is 5.75 Å². The Labute approximate surface area is 186 Å². The lowest BCUT2D eigenvalue weighted by molar-refractivity contribution is -0.00223. The highest BCUT2D eigenvalue weighted by Crippen LogP contribution is 2.28. The zero-order valence-electron chi connectivity index (χ0n) is 18.1. The van der Waals surface area contributed by atoms with Crippen molar-refractivity contribution in [2.24, 2.45) is 0 Å². The topological polar surface area (TPSA) is 85.6 Å². The van der Waals surface area contributed by atoms with Gasteiger partial charge in [0.1, 0.15) is 23.2 Å². The third-order valence-electron chi connectivity index (χ3n) is 6.08. The zero-order valence-corrected chi connectivity index (χ0v) is 18.1. The van der Waals surface area contributed by atoms with E-state index < -0.39 is 0 Å². The Hall–Kier alpha value is -3.30. The zero-order chi connectivity index (χ0) is 21.9. The molecule has 0 aliphatic carbocycles. The van der Waals surface area contributed by atoms with Crippen molar-refractivity contribution in [1.29, 1.82) is 0 Å². The minimum absolute atomic E-state index is 0.00994. The number of carbonyl (C=O) groups is 1. The van der Waals surface area contributed by atoms with Crippen molar-refractivity contribution in [2.45, 2.75) is 25.8 Å². The Kier molecular flexibility index (Phi) is 5.83. The number of rotatable bonds is 5. The third kappa shape index (κ3) is 4.21. The highest BCUT2D eigenvalue weighted by Gasteiger charge is 2.28. The minimum Gasteiger partial charge on any atom is -0.497 e. The van der Waals surface area contributed by atoms with Crippen LogP contribution >= 0.6 is 0 Å². The number of hydrogen-bond donors (Lipinski definition) is 0. The van der Waals surface area contributed by atoms with Crippen LogP contribution < -0.4 is 4.74 Å². The molecule has 5 rings (SSSR count). The smallest absolute Gasteiger partial charge is 0.272 e. The van der Waals surface area contributed by atoms with Crippen LogP contribution in [-0.2, 0) is 24.4 Å². The molecule has 1 unspecified atom stereocenters. The summed E-state index contributed by atoms with van der Waals surface area (Å²) in [6.45, 7) is 4.76. The Morgan fingerprint density at radius 1 is 1.12 bits per heavy atom. The number of piperazine rings is 1. The number of pyridine rings is 1. The highest BCUT2D eigenvalue weighted by atomic mass is 16.5. The van der Waals surface area contributed by atoms with E-state index in [2.05, 4.69) is 20.2 Å². The number of amides is 1. The largest absolute Gasteiger partial charge is 0.497 e. The number of carbonyl (C=O) groups excluding carboxylic acids is 1. The van der Waals surface area contributed by atoms with Crippen LogP contribution in [0.2, 0.25) is 0 Å². The average Bonchev–Trinajstić information content (AvgIpc) is 3.26. The van der Waals surface area contributed by atoms with Gasteiger partial charge in [-0.25, -0.2) is 4.68 Å². The fourth-order valence-electron chi connectivity index (χ4n) is 4.18. The van der Waals surface area contributed by atoms with E-state index in [0.29, 0.717) is 38.5 Å². The maximum atomic E-state index is 12.6. The molecule has 0 N–H and O–H groups in total. The molecule has 1 atom stereocenters. The van der Waals surface area contributed by atoms with Gasteiger partial charge < -0.3 is 14.4 Å². The van der Waals surface area contributed by atoms with Gasteiger partial charge in [0.25, 0.3) is 5.91 Å². The second kappa shape index (κ2) is 9.05. The van der Waals surface area contributed by atoms with Gasteiger partial charge in [0, 0.05) is 38.9 Å². The summed E-state index contributed by atoms with van der Waals surface area (Å²) >= 11 is 0. The molecular weight excluding hydrogens is 408 g/mol. The van der Waals surface area contributed by atoms with Crippen LogP contribution in [-0.4, -0.2) is 69.0 Å². The normalized spacial score (nSPS) is 18.9. The van der Waals surface area contributed by atoms with E-state index in [1.54, 1.807) is 19.4 Å². The molecule has 1 aromatic carbocycles. The molecule has 3 aromatic rings. The first-order chi connectivity index (χ1) is 15.7. The monoisotopic (exact) mass is 434 g/mol. The molecule has 0 spiro atoms. The molecule has 1 amide bonds. The molecule has 4 heterocycles. The molecule has 2 aliphatic rings. The standard InChI is InChI=1S/C23H26N6O3/c1-31-18-7-5-17(6-8-18)22-15-29-21(16-32-22)20(25-26-29)14-27-10-12-28(13-11-27)23(30)19-4-2-3-9-24-19/h2-9,22H,10-16H2,1H3. The van der Waals surface area contributed by atoms with Crippen LogP contribution in [0, 0.1) is 0 Å². The molecule has 9 nitrogen and oxygen atoms in total. The van der Waals surface area contributed by atoms with Crippen molar-refractivity contribution in [2.75, 3.05) is 33.3 Å². The van der Waals surface area contributed by atoms with Gasteiger partial charge in [0.15, 0.2) is 0 Å². The molecule has 166 valence electrons. The molecule has 1 fully saturated rings. The number of aromatic nitrogens is 4. The number of methoxy groups -OCH3 is 1. The molecule has 0 saturated carbocycles. The summed E-state index contributed by atoms with van der Waals surface area (Å²) in [6, 6.07) is 13.4. The van der Waals surface area contributed by atoms with Crippen LogP contribution in [0.1, 0.15) is 33.5 Å². The van der Waals surface area contributed by atoms with Gasteiger partial charge >= 0.3 is 0 Å². The van der Waals surface area contributed by atoms with E-state index in [0.717, 1.165) is 35.8 Å². The summed E-state index contributed by atoms with van der Waals surface area (Å²) < 4.78 is 13.3. The van der Waals surface area contributed by atoms with E-state index in [9.17, 15) is 4.79 Å². The number of ether oxygens (including phenoxy) is 2. The Morgan fingerprint density at radius 2 is 1.94 bits per heavy atom. The van der Waals surface area contributed by atoms with E-state index >= 15 is 0 Å². The van der Waals surface area contributed by atoms with E-state index in [-0.39, 0.29) is 12.0 Å². The average molecular weight is 435 g/mol. The minimum atomic E-state index is -0.0518. The van der Waals surface area contributed by atoms with Crippen molar-refractivity contribution in [3.05, 3.63) is 71.3 Å². The molecule has 1 saturated heterocycles. The molecule has 2 aromatic heterocycles. The number of benzene rings is 1. The van der Waals surface area contributed by atoms with Gasteiger partial charge in [-0.05, 0) is 29.8 Å². The van der Waals surface area contributed by atoms with Crippen molar-refractivity contribution >= 4 is 5.91 Å². The lowest BCUT2D eigenvalue weighted by Gasteiger charge is -2.34. The summed E-state index contributed by atoms with van der Waals surface area (Å²) in [4.78, 5) is 20.9. The summed E-state index contributed by atoms with van der Waals surface area (Å²) in [7, 11) is 1.66. The molecule has 0 bridgehead atoms. The third-order valence-corrected chi connectivity index (χ3v) is 6.08.